The summed E-state index contributed by atoms with van der Waals surface area (Å²) in [6.45, 7) is 0. The monoisotopic (exact) mass is 259 g/mol. The van der Waals surface area contributed by atoms with Crippen molar-refractivity contribution >= 4 is 11.6 Å². The summed E-state index contributed by atoms with van der Waals surface area (Å²) in [6.07, 6.45) is 2.86. The molecule has 2 aromatic rings. The predicted octanol–water partition coefficient (Wildman–Crippen LogP) is 2.48. The van der Waals surface area contributed by atoms with Gasteiger partial charge in [0.05, 0.1) is 11.6 Å². The van der Waals surface area contributed by atoms with Crippen LogP contribution in [0, 0.1) is 23.0 Å². The van der Waals surface area contributed by atoms with E-state index in [4.69, 9.17) is 5.26 Å². The Labute approximate surface area is 107 Å². The van der Waals surface area contributed by atoms with Crippen molar-refractivity contribution in [1.82, 2.24) is 4.98 Å². The van der Waals surface area contributed by atoms with Crippen LogP contribution in [-0.2, 0) is 0 Å². The van der Waals surface area contributed by atoms with Gasteiger partial charge >= 0.3 is 0 Å². The van der Waals surface area contributed by atoms with Gasteiger partial charge in [-0.15, -0.1) is 0 Å². The van der Waals surface area contributed by atoms with E-state index >= 15 is 0 Å². The van der Waals surface area contributed by atoms with Crippen molar-refractivity contribution in [3.8, 4) is 6.07 Å². The van der Waals surface area contributed by atoms with Crippen LogP contribution in [0.4, 0.5) is 14.5 Å². The number of nitrogens with zero attached hydrogens (tertiary/aromatic N) is 2. The van der Waals surface area contributed by atoms with E-state index in [9.17, 15) is 13.6 Å². The van der Waals surface area contributed by atoms with Crippen molar-refractivity contribution in [2.24, 2.45) is 0 Å². The fourth-order valence-electron chi connectivity index (χ4n) is 1.48. The molecule has 0 saturated heterocycles. The van der Waals surface area contributed by atoms with E-state index in [1.807, 2.05) is 0 Å². The second-order valence-corrected chi connectivity index (χ2v) is 3.62. The van der Waals surface area contributed by atoms with Crippen LogP contribution >= 0.6 is 0 Å². The molecule has 0 fully saturated rings. The first kappa shape index (κ1) is 12.6. The van der Waals surface area contributed by atoms with Gasteiger partial charge in [-0.25, -0.2) is 8.78 Å². The fourth-order valence-corrected chi connectivity index (χ4v) is 1.48. The zero-order chi connectivity index (χ0) is 13.8. The van der Waals surface area contributed by atoms with E-state index in [2.05, 4.69) is 10.3 Å². The topological polar surface area (TPSA) is 65.8 Å². The van der Waals surface area contributed by atoms with E-state index in [0.717, 1.165) is 12.1 Å². The summed E-state index contributed by atoms with van der Waals surface area (Å²) in [4.78, 5) is 15.5. The lowest BCUT2D eigenvalue weighted by molar-refractivity contribution is 0.101. The standard InChI is InChI=1S/C13H7F2N3O/c14-10-5-8(7-16)6-11(15)12(10)13(19)18-9-1-3-17-4-2-9/h1-6H,(H,17,18,19). The zero-order valence-corrected chi connectivity index (χ0v) is 9.52. The van der Waals surface area contributed by atoms with Gasteiger partial charge in [0.2, 0.25) is 0 Å². The van der Waals surface area contributed by atoms with Gasteiger partial charge in [0.25, 0.3) is 5.91 Å². The van der Waals surface area contributed by atoms with Gasteiger partial charge < -0.3 is 5.32 Å². The molecule has 1 N–H and O–H groups in total. The normalized spacial score (nSPS) is 9.74. The average molecular weight is 259 g/mol. The molecule has 0 aliphatic rings. The molecule has 0 bridgehead atoms. The number of nitriles is 1. The molecule has 2 rings (SSSR count). The Balaban J connectivity index is 2.33. The van der Waals surface area contributed by atoms with Crippen LogP contribution in [0.3, 0.4) is 0 Å². The second-order valence-electron chi connectivity index (χ2n) is 3.62. The fraction of sp³-hybridized carbons (Fsp3) is 0. The number of rotatable bonds is 2. The minimum Gasteiger partial charge on any atom is -0.322 e. The molecule has 0 atom stereocenters. The third-order valence-corrected chi connectivity index (χ3v) is 2.34. The number of carbonyl (C=O) groups is 1. The summed E-state index contributed by atoms with van der Waals surface area (Å²) >= 11 is 0. The van der Waals surface area contributed by atoms with Crippen molar-refractivity contribution in [1.29, 1.82) is 5.26 Å². The van der Waals surface area contributed by atoms with Crippen LogP contribution in [0.5, 0.6) is 0 Å². The molecule has 6 heteroatoms. The molecule has 0 aliphatic carbocycles. The second kappa shape index (κ2) is 5.23. The van der Waals surface area contributed by atoms with Crippen LogP contribution < -0.4 is 5.32 Å². The molecular formula is C13H7F2N3O. The highest BCUT2D eigenvalue weighted by atomic mass is 19.1. The van der Waals surface area contributed by atoms with E-state index in [1.165, 1.54) is 24.5 Å². The Kier molecular flexibility index (Phi) is 3.48. The smallest absolute Gasteiger partial charge is 0.261 e. The summed E-state index contributed by atoms with van der Waals surface area (Å²) in [5.74, 6) is -3.09. The van der Waals surface area contributed by atoms with Crippen molar-refractivity contribution in [3.05, 3.63) is 59.4 Å². The van der Waals surface area contributed by atoms with Crippen LogP contribution in [0.2, 0.25) is 0 Å². The number of pyridine rings is 1. The maximum atomic E-state index is 13.6. The lowest BCUT2D eigenvalue weighted by Gasteiger charge is -2.07. The lowest BCUT2D eigenvalue weighted by Crippen LogP contribution is -2.16. The number of halogens is 2. The summed E-state index contributed by atoms with van der Waals surface area (Å²) in [5, 5.41) is 10.9. The number of aromatic nitrogens is 1. The molecule has 94 valence electrons. The van der Waals surface area contributed by atoms with Crippen molar-refractivity contribution in [2.45, 2.75) is 0 Å². The molecule has 0 radical (unpaired) electrons. The molecule has 0 unspecified atom stereocenters. The minimum absolute atomic E-state index is 0.185. The SMILES string of the molecule is N#Cc1cc(F)c(C(=O)Nc2ccncc2)c(F)c1. The summed E-state index contributed by atoms with van der Waals surface area (Å²) in [6, 6.07) is 6.19. The molecule has 19 heavy (non-hydrogen) atoms. The first-order valence-corrected chi connectivity index (χ1v) is 5.22. The molecular weight excluding hydrogens is 252 g/mol. The van der Waals surface area contributed by atoms with Gasteiger partial charge in [0.15, 0.2) is 0 Å². The van der Waals surface area contributed by atoms with Crippen LogP contribution in [0.25, 0.3) is 0 Å². The van der Waals surface area contributed by atoms with Gasteiger partial charge in [-0.05, 0) is 24.3 Å². The Morgan fingerprint density at radius 2 is 1.79 bits per heavy atom. The van der Waals surface area contributed by atoms with Gasteiger partial charge in [0.1, 0.15) is 17.2 Å². The zero-order valence-electron chi connectivity index (χ0n) is 9.52. The molecule has 0 spiro atoms. The highest BCUT2D eigenvalue weighted by Crippen LogP contribution is 2.17. The first-order chi connectivity index (χ1) is 9.11. The average Bonchev–Trinajstić information content (AvgIpc) is 2.38. The summed E-state index contributed by atoms with van der Waals surface area (Å²) < 4.78 is 27.2. The third kappa shape index (κ3) is 2.72. The predicted molar refractivity (Wildman–Crippen MR) is 63.3 cm³/mol. The number of carbonyl (C=O) groups excluding carboxylic acids is 1. The van der Waals surface area contributed by atoms with E-state index in [-0.39, 0.29) is 5.56 Å². The Hall–Kier alpha value is -2.81. The Morgan fingerprint density at radius 1 is 1.21 bits per heavy atom. The Bertz CT molecular complexity index is 642. The van der Waals surface area contributed by atoms with E-state index in [0.29, 0.717) is 5.69 Å². The molecule has 0 aliphatic heterocycles. The van der Waals surface area contributed by atoms with Crippen LogP contribution in [0.15, 0.2) is 36.7 Å². The van der Waals surface area contributed by atoms with Gasteiger partial charge in [0, 0.05) is 18.1 Å². The quantitative estimate of drug-likeness (QED) is 0.901. The highest BCUT2D eigenvalue weighted by molar-refractivity contribution is 6.04. The summed E-state index contributed by atoms with van der Waals surface area (Å²) in [5.41, 5.74) is -0.547. The number of hydrogen-bond acceptors (Lipinski definition) is 3. The maximum absolute atomic E-state index is 13.6. The van der Waals surface area contributed by atoms with Crippen LogP contribution in [0.1, 0.15) is 15.9 Å². The van der Waals surface area contributed by atoms with Crippen molar-refractivity contribution in [2.75, 3.05) is 5.32 Å². The number of amides is 1. The molecule has 4 nitrogen and oxygen atoms in total. The summed E-state index contributed by atoms with van der Waals surface area (Å²) in [7, 11) is 0. The molecule has 1 aromatic heterocycles. The number of anilines is 1. The van der Waals surface area contributed by atoms with Gasteiger partial charge in [-0.2, -0.15) is 5.26 Å². The minimum atomic E-state index is -1.08. The highest BCUT2D eigenvalue weighted by Gasteiger charge is 2.18. The van der Waals surface area contributed by atoms with Crippen LogP contribution in [-0.4, -0.2) is 10.9 Å². The first-order valence-electron chi connectivity index (χ1n) is 5.22. The maximum Gasteiger partial charge on any atom is 0.261 e. The lowest BCUT2D eigenvalue weighted by atomic mass is 10.1. The Morgan fingerprint density at radius 3 is 2.32 bits per heavy atom. The van der Waals surface area contributed by atoms with E-state index in [1.54, 1.807) is 6.07 Å². The molecule has 1 aromatic carbocycles. The largest absolute Gasteiger partial charge is 0.322 e. The molecule has 1 heterocycles. The van der Waals surface area contributed by atoms with Crippen molar-refractivity contribution in [3.63, 3.8) is 0 Å². The molecule has 1 amide bonds. The molecule has 0 saturated carbocycles. The van der Waals surface area contributed by atoms with Gasteiger partial charge in [-0.3, -0.25) is 9.78 Å². The van der Waals surface area contributed by atoms with E-state index < -0.39 is 23.1 Å². The van der Waals surface area contributed by atoms with Crippen molar-refractivity contribution < 1.29 is 13.6 Å². The number of benzene rings is 1. The number of hydrogen-bond donors (Lipinski definition) is 1. The number of nitrogens with one attached hydrogen (secondary N) is 1. The third-order valence-electron chi connectivity index (χ3n) is 2.34. The van der Waals surface area contributed by atoms with Gasteiger partial charge in [-0.1, -0.05) is 0 Å².